The summed E-state index contributed by atoms with van der Waals surface area (Å²) in [7, 11) is 0. The minimum Gasteiger partial charge on any atom is -0.309 e. The molecular weight excluding hydrogens is 259 g/mol. The largest absolute Gasteiger partial charge is 0.309 e. The minimum atomic E-state index is -0.0715. The molecule has 1 unspecified atom stereocenters. The zero-order valence-corrected chi connectivity index (χ0v) is 12.6. The summed E-state index contributed by atoms with van der Waals surface area (Å²) in [6.45, 7) is 8.57. The van der Waals surface area contributed by atoms with Crippen LogP contribution in [0.1, 0.15) is 31.9 Å². The molecule has 0 bridgehead atoms. The molecule has 0 fully saturated rings. The molecule has 0 aliphatic carbocycles. The number of thioether (sulfide) groups is 1. The van der Waals surface area contributed by atoms with E-state index in [0.29, 0.717) is 6.04 Å². The van der Waals surface area contributed by atoms with Gasteiger partial charge in [-0.15, -0.1) is 11.8 Å². The number of fused-ring (bicyclic) bond motifs is 1. The lowest BCUT2D eigenvalue weighted by atomic mass is 10.0. The third kappa shape index (κ3) is 3.71. The molecule has 1 aliphatic heterocycles. The molecule has 1 N–H and O–H groups in total. The molecule has 4 heteroatoms. The number of halogens is 1. The number of likely N-dealkylation sites (N-methyl/N-ethyl adjacent to an activating group) is 1. The average Bonchev–Trinajstić information content (AvgIpc) is 2.44. The van der Waals surface area contributed by atoms with Gasteiger partial charge in [-0.05, 0) is 36.9 Å². The first kappa shape index (κ1) is 14.8. The van der Waals surface area contributed by atoms with E-state index in [0.717, 1.165) is 48.8 Å². The molecule has 1 aliphatic rings. The van der Waals surface area contributed by atoms with Crippen LogP contribution in [0.3, 0.4) is 0 Å². The number of hydrogen-bond donors (Lipinski definition) is 1. The van der Waals surface area contributed by atoms with Gasteiger partial charge in [0.1, 0.15) is 5.82 Å². The SMILES string of the molecule is CCN(CC)CCNC1CCSc2c(F)cccc21. The van der Waals surface area contributed by atoms with Crippen LogP contribution in [0.15, 0.2) is 23.1 Å². The summed E-state index contributed by atoms with van der Waals surface area (Å²) in [5, 5.41) is 3.58. The topological polar surface area (TPSA) is 15.3 Å². The summed E-state index contributed by atoms with van der Waals surface area (Å²) in [6, 6.07) is 5.74. The maximum atomic E-state index is 13.7. The van der Waals surface area contributed by atoms with E-state index in [2.05, 4.69) is 30.1 Å². The molecule has 2 rings (SSSR count). The quantitative estimate of drug-likeness (QED) is 0.862. The van der Waals surface area contributed by atoms with Crippen molar-refractivity contribution < 1.29 is 4.39 Å². The van der Waals surface area contributed by atoms with E-state index in [1.54, 1.807) is 17.8 Å². The van der Waals surface area contributed by atoms with Crippen molar-refractivity contribution in [3.05, 3.63) is 29.6 Å². The van der Waals surface area contributed by atoms with Crippen molar-refractivity contribution in [2.75, 3.05) is 31.9 Å². The Kier molecular flexibility index (Phi) is 5.67. The van der Waals surface area contributed by atoms with Crippen LogP contribution in [0.25, 0.3) is 0 Å². The molecular formula is C15H23FN2S. The molecule has 1 heterocycles. The van der Waals surface area contributed by atoms with Crippen molar-refractivity contribution in [2.45, 2.75) is 31.2 Å². The van der Waals surface area contributed by atoms with Crippen molar-refractivity contribution >= 4 is 11.8 Å². The van der Waals surface area contributed by atoms with Gasteiger partial charge in [0, 0.05) is 24.0 Å². The van der Waals surface area contributed by atoms with E-state index in [4.69, 9.17) is 0 Å². The van der Waals surface area contributed by atoms with Crippen molar-refractivity contribution in [2.24, 2.45) is 0 Å². The van der Waals surface area contributed by atoms with Gasteiger partial charge < -0.3 is 10.2 Å². The van der Waals surface area contributed by atoms with Crippen LogP contribution < -0.4 is 5.32 Å². The van der Waals surface area contributed by atoms with Crippen LogP contribution >= 0.6 is 11.8 Å². The van der Waals surface area contributed by atoms with Crippen LogP contribution in [0.4, 0.5) is 4.39 Å². The van der Waals surface area contributed by atoms with Gasteiger partial charge in [-0.25, -0.2) is 4.39 Å². The van der Waals surface area contributed by atoms with Gasteiger partial charge in [0.15, 0.2) is 0 Å². The Morgan fingerprint density at radius 1 is 1.37 bits per heavy atom. The van der Waals surface area contributed by atoms with Gasteiger partial charge >= 0.3 is 0 Å². The molecule has 0 aromatic heterocycles. The fourth-order valence-electron chi connectivity index (χ4n) is 2.54. The Morgan fingerprint density at radius 3 is 2.89 bits per heavy atom. The normalized spacial score (nSPS) is 18.6. The van der Waals surface area contributed by atoms with Crippen molar-refractivity contribution in [3.8, 4) is 0 Å². The van der Waals surface area contributed by atoms with Crippen LogP contribution in [0.2, 0.25) is 0 Å². The molecule has 19 heavy (non-hydrogen) atoms. The second-order valence-electron chi connectivity index (χ2n) is 4.83. The highest BCUT2D eigenvalue weighted by Gasteiger charge is 2.22. The van der Waals surface area contributed by atoms with Gasteiger partial charge in [0.05, 0.1) is 0 Å². The van der Waals surface area contributed by atoms with Crippen molar-refractivity contribution in [1.82, 2.24) is 10.2 Å². The summed E-state index contributed by atoms with van der Waals surface area (Å²) < 4.78 is 13.7. The lowest BCUT2D eigenvalue weighted by Gasteiger charge is -2.27. The van der Waals surface area contributed by atoms with Crippen LogP contribution in [-0.4, -0.2) is 36.8 Å². The molecule has 0 spiro atoms. The van der Waals surface area contributed by atoms with Crippen LogP contribution in [-0.2, 0) is 0 Å². The maximum absolute atomic E-state index is 13.7. The molecule has 0 saturated heterocycles. The predicted octanol–water partition coefficient (Wildman–Crippen LogP) is 3.29. The molecule has 2 nitrogen and oxygen atoms in total. The molecule has 0 amide bonds. The lowest BCUT2D eigenvalue weighted by molar-refractivity contribution is 0.295. The molecule has 1 atom stereocenters. The Balaban J connectivity index is 1.94. The van der Waals surface area contributed by atoms with E-state index in [-0.39, 0.29) is 5.82 Å². The van der Waals surface area contributed by atoms with E-state index in [1.165, 1.54) is 0 Å². The summed E-state index contributed by atoms with van der Waals surface area (Å²) in [4.78, 5) is 3.24. The fourth-order valence-corrected chi connectivity index (χ4v) is 3.68. The minimum absolute atomic E-state index is 0.0715. The van der Waals surface area contributed by atoms with E-state index < -0.39 is 0 Å². The summed E-state index contributed by atoms with van der Waals surface area (Å²) >= 11 is 1.64. The monoisotopic (exact) mass is 282 g/mol. The number of benzene rings is 1. The molecule has 106 valence electrons. The standard InChI is InChI=1S/C15H23FN2S/c1-3-18(4-2)10-9-17-14-8-11-19-15-12(14)6-5-7-13(15)16/h5-7,14,17H,3-4,8-11H2,1-2H3. The molecule has 0 radical (unpaired) electrons. The van der Waals surface area contributed by atoms with E-state index in [1.807, 2.05) is 6.07 Å². The second-order valence-corrected chi connectivity index (χ2v) is 5.93. The number of rotatable bonds is 6. The second kappa shape index (κ2) is 7.27. The van der Waals surface area contributed by atoms with Gasteiger partial charge in [-0.1, -0.05) is 26.0 Å². The third-order valence-electron chi connectivity index (χ3n) is 3.74. The molecule has 0 saturated carbocycles. The highest BCUT2D eigenvalue weighted by atomic mass is 32.2. The van der Waals surface area contributed by atoms with Gasteiger partial charge in [0.2, 0.25) is 0 Å². The van der Waals surface area contributed by atoms with Crippen molar-refractivity contribution in [1.29, 1.82) is 0 Å². The summed E-state index contributed by atoms with van der Waals surface area (Å²) in [5.74, 6) is 0.925. The zero-order chi connectivity index (χ0) is 13.7. The summed E-state index contributed by atoms with van der Waals surface area (Å²) in [5.41, 5.74) is 1.13. The highest BCUT2D eigenvalue weighted by Crippen LogP contribution is 2.37. The van der Waals surface area contributed by atoms with E-state index >= 15 is 0 Å². The number of nitrogens with one attached hydrogen (secondary N) is 1. The number of hydrogen-bond acceptors (Lipinski definition) is 3. The van der Waals surface area contributed by atoms with Gasteiger partial charge in [-0.2, -0.15) is 0 Å². The van der Waals surface area contributed by atoms with E-state index in [9.17, 15) is 4.39 Å². The van der Waals surface area contributed by atoms with Crippen LogP contribution in [0, 0.1) is 5.82 Å². The third-order valence-corrected chi connectivity index (χ3v) is 4.90. The molecule has 1 aromatic rings. The number of nitrogens with zero attached hydrogens (tertiary/aromatic N) is 1. The average molecular weight is 282 g/mol. The maximum Gasteiger partial charge on any atom is 0.137 e. The summed E-state index contributed by atoms with van der Waals surface area (Å²) in [6.07, 6.45) is 1.08. The van der Waals surface area contributed by atoms with Crippen LogP contribution in [0.5, 0.6) is 0 Å². The lowest BCUT2D eigenvalue weighted by Crippen LogP contribution is -2.34. The fraction of sp³-hybridized carbons (Fsp3) is 0.600. The smallest absolute Gasteiger partial charge is 0.137 e. The molecule has 1 aromatic carbocycles. The Morgan fingerprint density at radius 2 is 2.16 bits per heavy atom. The zero-order valence-electron chi connectivity index (χ0n) is 11.8. The van der Waals surface area contributed by atoms with Crippen molar-refractivity contribution in [3.63, 3.8) is 0 Å². The highest BCUT2D eigenvalue weighted by molar-refractivity contribution is 7.99. The Hall–Kier alpha value is -0.580. The first-order valence-electron chi connectivity index (χ1n) is 7.13. The first-order chi connectivity index (χ1) is 9.26. The van der Waals surface area contributed by atoms with Gasteiger partial charge in [-0.3, -0.25) is 0 Å². The Bertz CT molecular complexity index is 407. The van der Waals surface area contributed by atoms with Gasteiger partial charge in [0.25, 0.3) is 0 Å². The predicted molar refractivity (Wildman–Crippen MR) is 80.3 cm³/mol. The Labute approximate surface area is 119 Å². The first-order valence-corrected chi connectivity index (χ1v) is 8.11.